The van der Waals surface area contributed by atoms with E-state index in [-0.39, 0.29) is 6.42 Å². The molecule has 0 aromatic heterocycles. The highest BCUT2D eigenvalue weighted by Crippen LogP contribution is 2.23. The summed E-state index contributed by atoms with van der Waals surface area (Å²) in [4.78, 5) is 13.0. The summed E-state index contributed by atoms with van der Waals surface area (Å²) in [6, 6.07) is -1.73. The van der Waals surface area contributed by atoms with Crippen molar-refractivity contribution >= 4 is 5.91 Å². The van der Waals surface area contributed by atoms with E-state index in [1.165, 1.54) is 25.7 Å². The minimum Gasteiger partial charge on any atom is -0.394 e. The number of aliphatic hydroxyl groups excluding tert-OH is 10. The van der Waals surface area contributed by atoms with Gasteiger partial charge in [-0.3, -0.25) is 4.79 Å². The lowest BCUT2D eigenvalue weighted by Crippen LogP contribution is -2.61. The van der Waals surface area contributed by atoms with Gasteiger partial charge in [-0.25, -0.2) is 0 Å². The molecule has 14 heteroatoms. The molecule has 1 fully saturated rings. The topological polar surface area (TPSA) is 250 Å². The van der Waals surface area contributed by atoms with Crippen LogP contribution < -0.4 is 5.32 Å². The lowest BCUT2D eigenvalue weighted by atomic mass is 9.94. The molecular formula is C50H55NO13. The first kappa shape index (κ1) is 56.2. The number of carbonyl (C=O) groups is 1. The van der Waals surface area contributed by atoms with Crippen LogP contribution >= 0.6 is 0 Å². The van der Waals surface area contributed by atoms with Crippen molar-refractivity contribution in [1.82, 2.24) is 5.32 Å². The van der Waals surface area contributed by atoms with E-state index in [1.807, 2.05) is 0 Å². The van der Waals surface area contributed by atoms with Crippen molar-refractivity contribution in [2.45, 2.75) is 158 Å². The predicted octanol–water partition coefficient (Wildman–Crippen LogP) is -2.18. The van der Waals surface area contributed by atoms with Crippen molar-refractivity contribution < 1.29 is 65.3 Å². The SMILES string of the molecule is CC#CC#CC#CC#CC#CC#CC#CC#CC#CC#CC#C[C@@H](O)[C@@H](O)C(=O)N[C@@H](COC1OC(CO)C(O)C(O)C1O)[C@H](O)[C@H](O)[C@@H](O)[C@@H](O)CCCCCCCCCCCC. The van der Waals surface area contributed by atoms with Gasteiger partial charge in [0.15, 0.2) is 18.5 Å². The van der Waals surface area contributed by atoms with Crippen LogP contribution in [0.1, 0.15) is 84.5 Å². The summed E-state index contributed by atoms with van der Waals surface area (Å²) in [5, 5.41) is 106. The van der Waals surface area contributed by atoms with Crippen LogP contribution in [-0.2, 0) is 14.3 Å². The highest BCUT2D eigenvalue weighted by atomic mass is 16.7. The van der Waals surface area contributed by atoms with Crippen LogP contribution in [0.15, 0.2) is 0 Å². The molecule has 64 heavy (non-hydrogen) atoms. The monoisotopic (exact) mass is 877 g/mol. The molecule has 1 rings (SSSR count). The number of hydrogen-bond acceptors (Lipinski definition) is 13. The molecule has 0 aliphatic carbocycles. The summed E-state index contributed by atoms with van der Waals surface area (Å²) in [6.45, 7) is 2.21. The zero-order valence-corrected chi connectivity index (χ0v) is 35.8. The Morgan fingerprint density at radius 3 is 1.47 bits per heavy atom. The number of amides is 1. The Kier molecular flexibility index (Phi) is 31.2. The summed E-state index contributed by atoms with van der Waals surface area (Å²) >= 11 is 0. The number of aliphatic hydroxyl groups is 10. The Labute approximate surface area is 376 Å². The van der Waals surface area contributed by atoms with Crippen molar-refractivity contribution in [2.75, 3.05) is 13.2 Å². The second-order valence-corrected chi connectivity index (χ2v) is 13.9. The first-order chi connectivity index (χ1) is 30.9. The molecule has 12 atom stereocenters. The quantitative estimate of drug-likeness (QED) is 0.0410. The molecule has 1 aliphatic heterocycles. The first-order valence-corrected chi connectivity index (χ1v) is 20.6. The zero-order chi connectivity index (χ0) is 47.4. The molecule has 0 aromatic carbocycles. The summed E-state index contributed by atoms with van der Waals surface area (Å²) in [7, 11) is 0. The molecule has 1 heterocycles. The van der Waals surface area contributed by atoms with Crippen molar-refractivity contribution in [1.29, 1.82) is 0 Å². The third kappa shape index (κ3) is 24.1. The maximum Gasteiger partial charge on any atom is 0.253 e. The van der Waals surface area contributed by atoms with E-state index < -0.39 is 92.5 Å². The number of unbranched alkanes of at least 4 members (excludes halogenated alkanes) is 9. The van der Waals surface area contributed by atoms with Crippen molar-refractivity contribution in [3.8, 4) is 130 Å². The van der Waals surface area contributed by atoms with Gasteiger partial charge in [-0.2, -0.15) is 0 Å². The summed E-state index contributed by atoms with van der Waals surface area (Å²) in [5.74, 6) is 51.9. The van der Waals surface area contributed by atoms with Gasteiger partial charge in [-0.05, 0) is 108 Å². The van der Waals surface area contributed by atoms with E-state index in [9.17, 15) is 55.9 Å². The molecule has 0 aromatic rings. The highest BCUT2D eigenvalue weighted by Gasteiger charge is 2.45. The maximum atomic E-state index is 13.0. The number of nitrogens with one attached hydrogen (secondary N) is 1. The maximum absolute atomic E-state index is 13.0. The summed E-state index contributed by atoms with van der Waals surface area (Å²) < 4.78 is 10.7. The number of ether oxygens (including phenoxy) is 2. The normalized spacial score (nSPS) is 19.7. The third-order valence-corrected chi connectivity index (χ3v) is 9.08. The molecule has 0 spiro atoms. The molecule has 0 bridgehead atoms. The van der Waals surface area contributed by atoms with Crippen LogP contribution in [-0.4, -0.2) is 144 Å². The largest absolute Gasteiger partial charge is 0.394 e. The molecule has 338 valence electrons. The number of hydrogen-bond donors (Lipinski definition) is 11. The van der Waals surface area contributed by atoms with Gasteiger partial charge in [-0.1, -0.05) is 83.0 Å². The average molecular weight is 878 g/mol. The van der Waals surface area contributed by atoms with E-state index in [2.05, 4.69) is 142 Å². The van der Waals surface area contributed by atoms with E-state index in [4.69, 9.17) is 9.47 Å². The Balaban J connectivity index is 2.90. The smallest absolute Gasteiger partial charge is 0.253 e. The van der Waals surface area contributed by atoms with Crippen molar-refractivity contribution in [3.63, 3.8) is 0 Å². The van der Waals surface area contributed by atoms with Crippen LogP contribution in [0.2, 0.25) is 0 Å². The predicted molar refractivity (Wildman–Crippen MR) is 235 cm³/mol. The van der Waals surface area contributed by atoms with Gasteiger partial charge < -0.3 is 65.9 Å². The molecule has 11 N–H and O–H groups in total. The van der Waals surface area contributed by atoms with Crippen LogP contribution in [0.25, 0.3) is 0 Å². The van der Waals surface area contributed by atoms with Gasteiger partial charge in [0.1, 0.15) is 42.7 Å². The van der Waals surface area contributed by atoms with Crippen LogP contribution in [0.4, 0.5) is 0 Å². The van der Waals surface area contributed by atoms with Crippen LogP contribution in [0, 0.1) is 130 Å². The van der Waals surface area contributed by atoms with Crippen molar-refractivity contribution in [3.05, 3.63) is 0 Å². The Hall–Kier alpha value is -5.85. The lowest BCUT2D eigenvalue weighted by molar-refractivity contribution is -0.303. The average Bonchev–Trinajstić information content (AvgIpc) is 3.29. The number of carbonyl (C=O) groups excluding carboxylic acids is 1. The second kappa shape index (κ2) is 35.6. The van der Waals surface area contributed by atoms with Gasteiger partial charge in [0.05, 0.1) is 25.4 Å². The fraction of sp³-hybridized carbons (Fsp3) is 0.540. The van der Waals surface area contributed by atoms with Gasteiger partial charge in [0.2, 0.25) is 0 Å². The lowest BCUT2D eigenvalue weighted by Gasteiger charge is -2.40. The Morgan fingerprint density at radius 1 is 0.578 bits per heavy atom. The summed E-state index contributed by atoms with van der Waals surface area (Å²) in [5.41, 5.74) is 0. The molecule has 1 aliphatic rings. The van der Waals surface area contributed by atoms with Gasteiger partial charge in [0, 0.05) is 23.7 Å². The fourth-order valence-corrected chi connectivity index (χ4v) is 5.53. The molecule has 1 saturated heterocycles. The molecule has 0 radical (unpaired) electrons. The van der Waals surface area contributed by atoms with Crippen LogP contribution in [0.3, 0.4) is 0 Å². The van der Waals surface area contributed by atoms with Gasteiger partial charge in [-0.15, -0.1) is 0 Å². The summed E-state index contributed by atoms with van der Waals surface area (Å²) in [6.07, 6.45) is -9.94. The minimum absolute atomic E-state index is 0.0926. The van der Waals surface area contributed by atoms with Crippen molar-refractivity contribution in [2.24, 2.45) is 0 Å². The van der Waals surface area contributed by atoms with Gasteiger partial charge in [0.25, 0.3) is 5.91 Å². The number of rotatable bonds is 22. The first-order valence-electron chi connectivity index (χ1n) is 20.6. The molecule has 1 amide bonds. The third-order valence-electron chi connectivity index (χ3n) is 9.08. The fourth-order valence-electron chi connectivity index (χ4n) is 5.53. The van der Waals surface area contributed by atoms with E-state index in [0.29, 0.717) is 6.42 Å². The molecule has 0 saturated carbocycles. The zero-order valence-electron chi connectivity index (χ0n) is 35.8. The van der Waals surface area contributed by atoms with Crippen LogP contribution in [0.5, 0.6) is 0 Å². The molecular weight excluding hydrogens is 823 g/mol. The molecule has 5 unspecified atom stereocenters. The second-order valence-electron chi connectivity index (χ2n) is 13.9. The highest BCUT2D eigenvalue weighted by molar-refractivity contribution is 5.82. The minimum atomic E-state index is -2.26. The Morgan fingerprint density at radius 2 is 1.02 bits per heavy atom. The standard InChI is InChI=1S/C50H55NO13/c1-3-5-7-9-11-13-15-16-17-18-19-20-21-22-23-24-25-27-29-31-33-35-40(54)44(57)49(62)51-38(37-63-50-48(61)47(60)45(58)41(36-52)64-50)42(55)46(59)43(56)39(53)34-32-30-28-26-14-12-10-8-6-4-2/h38-48,50,52-61H,4,6,8,10,12,14,26,28,30,32,34,36-37H2,1-2H3,(H,51,62)/t38-,39-,40+,41?,42-,43-,44+,45?,46-,47?,48?,50?/m0/s1. The Bertz CT molecular complexity index is 2180. The van der Waals surface area contributed by atoms with E-state index in [0.717, 1.165) is 32.1 Å². The van der Waals surface area contributed by atoms with E-state index >= 15 is 0 Å². The van der Waals surface area contributed by atoms with Gasteiger partial charge >= 0.3 is 0 Å². The molecule has 14 nitrogen and oxygen atoms in total. The van der Waals surface area contributed by atoms with E-state index in [1.54, 1.807) is 6.92 Å².